The van der Waals surface area contributed by atoms with Crippen molar-refractivity contribution in [1.82, 2.24) is 4.72 Å². The maximum absolute atomic E-state index is 13.1. The predicted octanol–water partition coefficient (Wildman–Crippen LogP) is 3.56. The molecule has 0 aromatic heterocycles. The van der Waals surface area contributed by atoms with Gasteiger partial charge in [-0.1, -0.05) is 40.9 Å². The summed E-state index contributed by atoms with van der Waals surface area (Å²) in [6, 6.07) is 5.48. The third-order valence-electron chi connectivity index (χ3n) is 3.60. The average Bonchev–Trinajstić information content (AvgIpc) is 2.60. The largest absolute Gasteiger partial charge is 0.459 e. The number of carbonyl (C=O) groups is 1. The predicted molar refractivity (Wildman–Crippen MR) is 103 cm³/mol. The molecule has 0 spiro atoms. The highest BCUT2D eigenvalue weighted by Crippen LogP contribution is 2.25. The van der Waals surface area contributed by atoms with Crippen LogP contribution >= 0.6 is 34.8 Å². The summed E-state index contributed by atoms with van der Waals surface area (Å²) in [5.74, 6) is -1.60. The number of hydrogen-bond donors (Lipinski definition) is 2. The fourth-order valence-corrected chi connectivity index (χ4v) is 3.97. The Morgan fingerprint density at radius 3 is 2.39 bits per heavy atom. The van der Waals surface area contributed by atoms with Crippen LogP contribution in [0.3, 0.4) is 0 Å². The molecule has 6 nitrogen and oxygen atoms in total. The van der Waals surface area contributed by atoms with Gasteiger partial charge in [0.15, 0.2) is 0 Å². The lowest BCUT2D eigenvalue weighted by atomic mass is 10.2. The van der Waals surface area contributed by atoms with Gasteiger partial charge in [0.05, 0.1) is 26.1 Å². The van der Waals surface area contributed by atoms with Gasteiger partial charge in [-0.2, -0.15) is 4.72 Å². The summed E-state index contributed by atoms with van der Waals surface area (Å²) in [7, 11) is -4.22. The molecule has 2 unspecified atom stereocenters. The summed E-state index contributed by atoms with van der Waals surface area (Å²) in [6.07, 6.45) is -1.41. The van der Waals surface area contributed by atoms with E-state index in [1.54, 1.807) is 0 Å². The van der Waals surface area contributed by atoms with Crippen LogP contribution in [0.2, 0.25) is 15.1 Å². The zero-order chi connectivity index (χ0) is 21.1. The van der Waals surface area contributed by atoms with Gasteiger partial charge in [-0.05, 0) is 37.3 Å². The van der Waals surface area contributed by atoms with E-state index in [9.17, 15) is 22.7 Å². The van der Waals surface area contributed by atoms with Gasteiger partial charge in [-0.25, -0.2) is 12.8 Å². The first-order valence-electron chi connectivity index (χ1n) is 7.77. The molecule has 0 aliphatic rings. The van der Waals surface area contributed by atoms with Gasteiger partial charge in [0.1, 0.15) is 18.5 Å². The molecule has 0 aliphatic heterocycles. The minimum atomic E-state index is -4.22. The van der Waals surface area contributed by atoms with Crippen molar-refractivity contribution in [2.45, 2.75) is 30.6 Å². The maximum atomic E-state index is 13.1. The summed E-state index contributed by atoms with van der Waals surface area (Å²) in [4.78, 5) is 12.0. The van der Waals surface area contributed by atoms with Gasteiger partial charge < -0.3 is 9.84 Å². The first-order chi connectivity index (χ1) is 13.0. The smallest absolute Gasteiger partial charge is 0.327 e. The van der Waals surface area contributed by atoms with Crippen molar-refractivity contribution in [2.75, 3.05) is 0 Å². The number of halogens is 4. The molecule has 11 heteroatoms. The molecule has 2 aromatic carbocycles. The average molecular weight is 471 g/mol. The van der Waals surface area contributed by atoms with Crippen molar-refractivity contribution in [3.63, 3.8) is 0 Å². The molecule has 2 atom stereocenters. The van der Waals surface area contributed by atoms with Crippen molar-refractivity contribution < 1.29 is 27.4 Å². The first-order valence-corrected chi connectivity index (χ1v) is 10.4. The Labute approximate surface area is 176 Å². The number of hydrogen-bond acceptors (Lipinski definition) is 5. The second-order valence-corrected chi connectivity index (χ2v) is 8.69. The van der Waals surface area contributed by atoms with Crippen molar-refractivity contribution in [3.8, 4) is 0 Å². The number of rotatable bonds is 7. The Balaban J connectivity index is 2.15. The third-order valence-corrected chi connectivity index (χ3v) is 6.13. The molecular weight excluding hydrogens is 456 g/mol. The summed E-state index contributed by atoms with van der Waals surface area (Å²) in [6.45, 7) is 0.879. The van der Waals surface area contributed by atoms with Gasteiger partial charge in [-0.3, -0.25) is 4.79 Å². The Kier molecular flexibility index (Phi) is 7.66. The van der Waals surface area contributed by atoms with Crippen LogP contribution in [-0.4, -0.2) is 31.6 Å². The molecular formula is C17H15Cl3FNO5S. The lowest BCUT2D eigenvalue weighted by Gasteiger charge is -2.20. The van der Waals surface area contributed by atoms with E-state index in [0.717, 1.165) is 18.2 Å². The van der Waals surface area contributed by atoms with Crippen LogP contribution in [0.5, 0.6) is 0 Å². The monoisotopic (exact) mass is 469 g/mol. The fraction of sp³-hybridized carbons (Fsp3) is 0.235. The highest BCUT2D eigenvalue weighted by Gasteiger charge is 2.31. The summed E-state index contributed by atoms with van der Waals surface area (Å²) < 4.78 is 45.1. The number of aliphatic hydroxyl groups is 1. The van der Waals surface area contributed by atoms with E-state index < -0.39 is 34.0 Å². The molecule has 0 bridgehead atoms. The van der Waals surface area contributed by atoms with Crippen LogP contribution in [0.4, 0.5) is 4.39 Å². The van der Waals surface area contributed by atoms with Crippen molar-refractivity contribution in [2.24, 2.45) is 0 Å². The number of sulfonamides is 1. The zero-order valence-electron chi connectivity index (χ0n) is 14.3. The standard InChI is InChI=1S/C17H15Cl3FNO5S/c1-9(23)16(17(24)27-8-10-2-3-11(21)6-14(10)19)22-28(25,26)12-4-5-13(18)15(20)7-12/h2-7,9,16,22-23H,8H2,1H3. The number of ether oxygens (including phenoxy) is 1. The topological polar surface area (TPSA) is 92.7 Å². The van der Waals surface area contributed by atoms with Crippen molar-refractivity contribution >= 4 is 50.8 Å². The van der Waals surface area contributed by atoms with Gasteiger partial charge in [0.2, 0.25) is 10.0 Å². The molecule has 0 saturated carbocycles. The molecule has 0 fully saturated rings. The van der Waals surface area contributed by atoms with Crippen LogP contribution in [-0.2, 0) is 26.2 Å². The molecule has 28 heavy (non-hydrogen) atoms. The zero-order valence-corrected chi connectivity index (χ0v) is 17.4. The first kappa shape index (κ1) is 22.9. The summed E-state index contributed by atoms with van der Waals surface area (Å²) in [5, 5.41) is 10.0. The molecule has 0 saturated heterocycles. The quantitative estimate of drug-likeness (QED) is 0.604. The number of benzene rings is 2. The van der Waals surface area contributed by atoms with Gasteiger partial charge in [0.25, 0.3) is 0 Å². The summed E-state index contributed by atoms with van der Waals surface area (Å²) >= 11 is 17.4. The normalized spacial score (nSPS) is 13.8. The van der Waals surface area contributed by atoms with E-state index in [1.165, 1.54) is 25.1 Å². The Bertz CT molecular complexity index is 985. The highest BCUT2D eigenvalue weighted by atomic mass is 35.5. The van der Waals surface area contributed by atoms with Gasteiger partial charge >= 0.3 is 5.97 Å². The van der Waals surface area contributed by atoms with Crippen LogP contribution < -0.4 is 4.72 Å². The molecule has 152 valence electrons. The van der Waals surface area contributed by atoms with Crippen LogP contribution in [0, 0.1) is 5.82 Å². The molecule has 2 rings (SSSR count). The third kappa shape index (κ3) is 5.79. The van der Waals surface area contributed by atoms with E-state index in [2.05, 4.69) is 4.72 Å². The minimum Gasteiger partial charge on any atom is -0.459 e. The molecule has 0 radical (unpaired) electrons. The van der Waals surface area contributed by atoms with E-state index in [4.69, 9.17) is 39.5 Å². The lowest BCUT2D eigenvalue weighted by Crippen LogP contribution is -2.48. The van der Waals surface area contributed by atoms with Gasteiger partial charge in [-0.15, -0.1) is 0 Å². The van der Waals surface area contributed by atoms with Gasteiger partial charge in [0, 0.05) is 5.56 Å². The Hall–Kier alpha value is -1.42. The highest BCUT2D eigenvalue weighted by molar-refractivity contribution is 7.89. The van der Waals surface area contributed by atoms with E-state index in [0.29, 0.717) is 5.56 Å². The molecule has 0 amide bonds. The van der Waals surface area contributed by atoms with E-state index in [-0.39, 0.29) is 26.6 Å². The van der Waals surface area contributed by atoms with Crippen LogP contribution in [0.15, 0.2) is 41.3 Å². The molecule has 0 aliphatic carbocycles. The Morgan fingerprint density at radius 1 is 1.14 bits per heavy atom. The lowest BCUT2D eigenvalue weighted by molar-refractivity contribution is -0.149. The summed E-state index contributed by atoms with van der Waals surface area (Å²) in [5.41, 5.74) is 0.313. The second-order valence-electron chi connectivity index (χ2n) is 5.76. The SMILES string of the molecule is CC(O)C(NS(=O)(=O)c1ccc(Cl)c(Cl)c1)C(=O)OCc1ccc(F)cc1Cl. The van der Waals surface area contributed by atoms with E-state index in [1.807, 2.05) is 0 Å². The van der Waals surface area contributed by atoms with E-state index >= 15 is 0 Å². The van der Waals surface area contributed by atoms with Crippen LogP contribution in [0.25, 0.3) is 0 Å². The number of aliphatic hydroxyl groups excluding tert-OH is 1. The van der Waals surface area contributed by atoms with Crippen molar-refractivity contribution in [3.05, 3.63) is 62.8 Å². The minimum absolute atomic E-state index is 0.00617. The van der Waals surface area contributed by atoms with Crippen LogP contribution in [0.1, 0.15) is 12.5 Å². The molecule has 0 heterocycles. The molecule has 2 N–H and O–H groups in total. The fourth-order valence-electron chi connectivity index (χ4n) is 2.10. The maximum Gasteiger partial charge on any atom is 0.327 e. The molecule has 2 aromatic rings. The second kappa shape index (κ2) is 9.39. The Morgan fingerprint density at radius 2 is 1.82 bits per heavy atom. The van der Waals surface area contributed by atoms with Crippen molar-refractivity contribution in [1.29, 1.82) is 0 Å². The number of carbonyl (C=O) groups excluding carboxylic acids is 1. The number of esters is 1. The number of nitrogens with one attached hydrogen (secondary N) is 1.